The van der Waals surface area contributed by atoms with Crippen molar-refractivity contribution >= 4 is 28.9 Å². The fraction of sp³-hybridized carbons (Fsp3) is 0.421. The van der Waals surface area contributed by atoms with Crippen molar-refractivity contribution in [3.05, 3.63) is 45.4 Å². The number of carbonyl (C=O) groups is 2. The molecule has 1 aliphatic heterocycles. The molecule has 1 fully saturated rings. The number of ether oxygens (including phenoxy) is 1. The van der Waals surface area contributed by atoms with Crippen LogP contribution in [0.5, 0.6) is 0 Å². The zero-order valence-electron chi connectivity index (χ0n) is 15.1. The van der Waals surface area contributed by atoms with Crippen LogP contribution in [-0.4, -0.2) is 48.5 Å². The molecule has 2 heterocycles. The largest absolute Gasteiger partial charge is 0.465 e. The maximum absolute atomic E-state index is 12.6. The number of nitrogens with zero attached hydrogens (tertiary/aromatic N) is 2. The van der Waals surface area contributed by atoms with Crippen LogP contribution in [0.15, 0.2) is 24.3 Å². The van der Waals surface area contributed by atoms with Gasteiger partial charge in [0.05, 0.1) is 23.4 Å². The van der Waals surface area contributed by atoms with Crippen molar-refractivity contribution in [1.29, 1.82) is 0 Å². The molecule has 1 aliphatic rings. The highest BCUT2D eigenvalue weighted by atomic mass is 32.1. The third-order valence-corrected chi connectivity index (χ3v) is 5.65. The quantitative estimate of drug-likeness (QED) is 0.788. The molecule has 1 aromatic heterocycles. The highest BCUT2D eigenvalue weighted by Crippen LogP contribution is 2.21. The van der Waals surface area contributed by atoms with E-state index in [9.17, 15) is 9.59 Å². The number of likely N-dealkylation sites (tertiary alicyclic amines) is 1. The second kappa shape index (κ2) is 8.42. The van der Waals surface area contributed by atoms with Gasteiger partial charge in [0.25, 0.3) is 5.91 Å². The molecule has 1 saturated heterocycles. The molecule has 0 radical (unpaired) electrons. The Balaban J connectivity index is 1.65. The van der Waals surface area contributed by atoms with E-state index in [0.717, 1.165) is 36.8 Å². The van der Waals surface area contributed by atoms with Crippen molar-refractivity contribution in [3.63, 3.8) is 0 Å². The Bertz CT molecular complexity index is 797. The summed E-state index contributed by atoms with van der Waals surface area (Å²) in [4.78, 5) is 31.8. The van der Waals surface area contributed by atoms with Gasteiger partial charge in [-0.2, -0.15) is 0 Å². The second-order valence-corrected chi connectivity index (χ2v) is 7.43. The molecule has 26 heavy (non-hydrogen) atoms. The van der Waals surface area contributed by atoms with E-state index >= 15 is 0 Å². The van der Waals surface area contributed by atoms with Crippen LogP contribution < -0.4 is 5.32 Å². The molecule has 1 aromatic carbocycles. The molecule has 6 nitrogen and oxygen atoms in total. The fourth-order valence-electron chi connectivity index (χ4n) is 3.06. The molecule has 0 atom stereocenters. The minimum absolute atomic E-state index is 0.200. The van der Waals surface area contributed by atoms with Crippen LogP contribution in [0, 0.1) is 6.92 Å². The number of carbonyl (C=O) groups excluding carboxylic acids is 2. The first-order valence-electron chi connectivity index (χ1n) is 8.75. The lowest BCUT2D eigenvalue weighted by Crippen LogP contribution is -2.21. The third kappa shape index (κ3) is 4.47. The van der Waals surface area contributed by atoms with Gasteiger partial charge in [-0.1, -0.05) is 6.07 Å². The number of anilines is 1. The first-order valence-corrected chi connectivity index (χ1v) is 9.57. The number of amides is 1. The number of aryl methyl sites for hydroxylation is 1. The molecular formula is C19H23N3O3S. The first-order chi connectivity index (χ1) is 12.6. The van der Waals surface area contributed by atoms with Crippen molar-refractivity contribution in [2.24, 2.45) is 0 Å². The summed E-state index contributed by atoms with van der Waals surface area (Å²) >= 11 is 1.44. The summed E-state index contributed by atoms with van der Waals surface area (Å²) in [6.45, 7) is 5.17. The number of benzene rings is 1. The van der Waals surface area contributed by atoms with Crippen LogP contribution in [0.4, 0.5) is 5.69 Å². The van der Waals surface area contributed by atoms with Crippen molar-refractivity contribution in [2.75, 3.05) is 32.1 Å². The lowest BCUT2D eigenvalue weighted by molar-refractivity contribution is 0.0600. The molecular weight excluding hydrogens is 350 g/mol. The van der Waals surface area contributed by atoms with Crippen molar-refractivity contribution in [3.8, 4) is 0 Å². The highest BCUT2D eigenvalue weighted by molar-refractivity contribution is 7.13. The Hall–Kier alpha value is -2.25. The van der Waals surface area contributed by atoms with Gasteiger partial charge in [-0.15, -0.1) is 11.3 Å². The van der Waals surface area contributed by atoms with Crippen LogP contribution in [-0.2, 0) is 11.2 Å². The van der Waals surface area contributed by atoms with E-state index < -0.39 is 5.97 Å². The molecule has 0 saturated carbocycles. The molecule has 1 amide bonds. The Kier molecular flexibility index (Phi) is 6.00. The van der Waals surface area contributed by atoms with E-state index in [1.165, 1.54) is 31.3 Å². The van der Waals surface area contributed by atoms with Crippen LogP contribution in [0.1, 0.15) is 43.6 Å². The summed E-state index contributed by atoms with van der Waals surface area (Å²) in [7, 11) is 1.33. The van der Waals surface area contributed by atoms with Gasteiger partial charge in [-0.25, -0.2) is 9.78 Å². The van der Waals surface area contributed by atoms with E-state index in [1.807, 2.05) is 6.92 Å². The standard InChI is InChI=1S/C19H23N3O3S/c1-13-17(26-16(20-13)8-11-22-9-3-4-10-22)18(23)21-15-7-5-6-14(12-15)19(24)25-2/h5-7,12H,3-4,8-11H2,1-2H3,(H,21,23). The van der Waals surface area contributed by atoms with Crippen molar-refractivity contribution < 1.29 is 14.3 Å². The number of hydrogen-bond acceptors (Lipinski definition) is 6. The number of methoxy groups -OCH3 is 1. The zero-order chi connectivity index (χ0) is 18.5. The summed E-state index contributed by atoms with van der Waals surface area (Å²) in [5, 5.41) is 3.83. The number of aromatic nitrogens is 1. The van der Waals surface area contributed by atoms with Crippen LogP contribution in [0.3, 0.4) is 0 Å². The van der Waals surface area contributed by atoms with Gasteiger partial charge >= 0.3 is 5.97 Å². The predicted molar refractivity (Wildman–Crippen MR) is 102 cm³/mol. The summed E-state index contributed by atoms with van der Waals surface area (Å²) in [6.07, 6.45) is 3.42. The number of rotatable bonds is 6. The summed E-state index contributed by atoms with van der Waals surface area (Å²) in [6, 6.07) is 6.71. The minimum Gasteiger partial charge on any atom is -0.465 e. The van der Waals surface area contributed by atoms with Crippen molar-refractivity contribution in [2.45, 2.75) is 26.2 Å². The van der Waals surface area contributed by atoms with E-state index in [4.69, 9.17) is 4.74 Å². The Labute approximate surface area is 157 Å². The number of hydrogen-bond donors (Lipinski definition) is 1. The van der Waals surface area contributed by atoms with Gasteiger partial charge in [-0.05, 0) is 51.1 Å². The second-order valence-electron chi connectivity index (χ2n) is 6.35. The lowest BCUT2D eigenvalue weighted by atomic mass is 10.2. The molecule has 138 valence electrons. The lowest BCUT2D eigenvalue weighted by Gasteiger charge is -2.12. The summed E-state index contributed by atoms with van der Waals surface area (Å²) < 4.78 is 4.71. The zero-order valence-corrected chi connectivity index (χ0v) is 15.9. The van der Waals surface area contributed by atoms with E-state index in [2.05, 4.69) is 15.2 Å². The molecule has 2 aromatic rings. The van der Waals surface area contributed by atoms with Crippen LogP contribution in [0.25, 0.3) is 0 Å². The first kappa shape index (κ1) is 18.5. The number of nitrogens with one attached hydrogen (secondary N) is 1. The van der Waals surface area contributed by atoms with E-state index in [1.54, 1.807) is 24.3 Å². The van der Waals surface area contributed by atoms with Gasteiger partial charge in [0, 0.05) is 18.7 Å². The summed E-state index contributed by atoms with van der Waals surface area (Å²) in [5.74, 6) is -0.631. The third-order valence-electron chi connectivity index (χ3n) is 4.43. The predicted octanol–water partition coefficient (Wildman–Crippen LogP) is 3.13. The molecule has 0 spiro atoms. The minimum atomic E-state index is -0.431. The molecule has 3 rings (SSSR count). The maximum Gasteiger partial charge on any atom is 0.337 e. The Morgan fingerprint density at radius 2 is 2.08 bits per heavy atom. The highest BCUT2D eigenvalue weighted by Gasteiger charge is 2.18. The topological polar surface area (TPSA) is 71.5 Å². The van der Waals surface area contributed by atoms with Crippen LogP contribution >= 0.6 is 11.3 Å². The maximum atomic E-state index is 12.6. The fourth-order valence-corrected chi connectivity index (χ4v) is 4.01. The van der Waals surface area contributed by atoms with E-state index in [0.29, 0.717) is 16.1 Å². The van der Waals surface area contributed by atoms with Crippen LogP contribution in [0.2, 0.25) is 0 Å². The molecule has 0 aliphatic carbocycles. The van der Waals surface area contributed by atoms with Gasteiger partial charge in [0.2, 0.25) is 0 Å². The average Bonchev–Trinajstić information content (AvgIpc) is 3.29. The summed E-state index contributed by atoms with van der Waals surface area (Å²) in [5.41, 5.74) is 1.70. The molecule has 0 unspecified atom stereocenters. The Morgan fingerprint density at radius 1 is 1.31 bits per heavy atom. The average molecular weight is 373 g/mol. The van der Waals surface area contributed by atoms with Gasteiger partial charge in [0.15, 0.2) is 0 Å². The normalized spacial score (nSPS) is 14.4. The van der Waals surface area contributed by atoms with Gasteiger partial charge in [0.1, 0.15) is 4.88 Å². The van der Waals surface area contributed by atoms with Crippen molar-refractivity contribution in [1.82, 2.24) is 9.88 Å². The number of thiazole rings is 1. The van der Waals surface area contributed by atoms with Gasteiger partial charge in [-0.3, -0.25) is 4.79 Å². The number of esters is 1. The monoisotopic (exact) mass is 373 g/mol. The Morgan fingerprint density at radius 3 is 2.81 bits per heavy atom. The van der Waals surface area contributed by atoms with Gasteiger partial charge < -0.3 is 15.0 Å². The SMILES string of the molecule is COC(=O)c1cccc(NC(=O)c2sc(CCN3CCCC3)nc2C)c1. The molecule has 1 N–H and O–H groups in total. The molecule has 7 heteroatoms. The smallest absolute Gasteiger partial charge is 0.337 e. The van der Waals surface area contributed by atoms with E-state index in [-0.39, 0.29) is 5.91 Å². The molecule has 0 bridgehead atoms.